The molecule has 3 aromatic rings. The molecule has 0 saturated heterocycles. The highest BCUT2D eigenvalue weighted by Gasteiger charge is 2.16. The molecule has 3 N–H and O–H groups in total. The van der Waals surface area contributed by atoms with Gasteiger partial charge in [0.05, 0.1) is 19.8 Å². The minimum absolute atomic E-state index is 0.309. The van der Waals surface area contributed by atoms with Gasteiger partial charge in [-0.05, 0) is 25.1 Å². The Hall–Kier alpha value is -3.48. The summed E-state index contributed by atoms with van der Waals surface area (Å²) >= 11 is 0. The molecule has 0 fully saturated rings. The zero-order valence-corrected chi connectivity index (χ0v) is 14.7. The van der Waals surface area contributed by atoms with E-state index in [1.807, 2.05) is 31.2 Å². The lowest BCUT2D eigenvalue weighted by molar-refractivity contribution is 0.0847. The smallest absolute Gasteiger partial charge is 0.271 e. The zero-order valence-electron chi connectivity index (χ0n) is 14.7. The monoisotopic (exact) mass is 353 g/mol. The van der Waals surface area contributed by atoms with E-state index in [2.05, 4.69) is 15.8 Å². The molecule has 0 aliphatic rings. The van der Waals surface area contributed by atoms with Crippen LogP contribution < -0.4 is 20.3 Å². The maximum atomic E-state index is 12.4. The normalized spacial score (nSPS) is 10.4. The van der Waals surface area contributed by atoms with E-state index in [0.29, 0.717) is 22.6 Å². The number of aromatic amines is 1. The molecule has 0 saturated carbocycles. The van der Waals surface area contributed by atoms with Gasteiger partial charge in [-0.2, -0.15) is 0 Å². The number of aromatic nitrogens is 1. The van der Waals surface area contributed by atoms with Crippen molar-refractivity contribution in [2.75, 3.05) is 14.2 Å². The maximum absolute atomic E-state index is 12.4. The lowest BCUT2D eigenvalue weighted by Gasteiger charge is -2.13. The molecule has 3 rings (SSSR count). The predicted molar refractivity (Wildman–Crippen MR) is 97.5 cm³/mol. The van der Waals surface area contributed by atoms with Gasteiger partial charge in [0.1, 0.15) is 11.5 Å². The molecular formula is C19H19N3O4. The Morgan fingerprint density at radius 2 is 1.58 bits per heavy atom. The van der Waals surface area contributed by atoms with E-state index in [1.165, 1.54) is 14.2 Å². The fraction of sp³-hybridized carbons (Fsp3) is 0.158. The number of rotatable bonds is 4. The summed E-state index contributed by atoms with van der Waals surface area (Å²) in [7, 11) is 3.03. The van der Waals surface area contributed by atoms with Gasteiger partial charge in [0.25, 0.3) is 11.8 Å². The van der Waals surface area contributed by atoms with Gasteiger partial charge in [-0.1, -0.05) is 18.2 Å². The molecule has 26 heavy (non-hydrogen) atoms. The Balaban J connectivity index is 1.75. The van der Waals surface area contributed by atoms with Crippen LogP contribution in [0.25, 0.3) is 10.9 Å². The molecule has 2 amide bonds. The number of carbonyl (C=O) groups is 2. The average Bonchev–Trinajstić information content (AvgIpc) is 3.10. The van der Waals surface area contributed by atoms with Gasteiger partial charge in [0.15, 0.2) is 0 Å². The van der Waals surface area contributed by atoms with Crippen LogP contribution in [0, 0.1) is 6.92 Å². The van der Waals surface area contributed by atoms with Crippen molar-refractivity contribution in [1.29, 1.82) is 0 Å². The first-order chi connectivity index (χ1) is 12.5. The van der Waals surface area contributed by atoms with E-state index in [9.17, 15) is 9.59 Å². The van der Waals surface area contributed by atoms with Gasteiger partial charge in [0.2, 0.25) is 0 Å². The van der Waals surface area contributed by atoms with Crippen LogP contribution in [0.3, 0.4) is 0 Å². The van der Waals surface area contributed by atoms with Crippen molar-refractivity contribution in [2.24, 2.45) is 0 Å². The summed E-state index contributed by atoms with van der Waals surface area (Å²) in [6.45, 7) is 1.83. The number of methoxy groups -OCH3 is 2. The number of H-pyrrole nitrogens is 1. The first-order valence-electron chi connectivity index (χ1n) is 7.94. The molecule has 1 heterocycles. The molecule has 7 heteroatoms. The second-order valence-electron chi connectivity index (χ2n) is 5.66. The van der Waals surface area contributed by atoms with Gasteiger partial charge >= 0.3 is 0 Å². The highest BCUT2D eigenvalue weighted by molar-refractivity contribution is 6.07. The van der Waals surface area contributed by atoms with Crippen LogP contribution in [0.5, 0.6) is 11.5 Å². The van der Waals surface area contributed by atoms with Crippen molar-refractivity contribution in [3.63, 3.8) is 0 Å². The SMILES string of the molecule is COc1cc(C(=O)NNC(=O)c2c[nH]c3ccccc23)cc(OC)c1C. The molecule has 134 valence electrons. The zero-order chi connectivity index (χ0) is 18.7. The summed E-state index contributed by atoms with van der Waals surface area (Å²) in [5.41, 5.74) is 7.22. The van der Waals surface area contributed by atoms with E-state index in [0.717, 1.165) is 16.5 Å². The van der Waals surface area contributed by atoms with Crippen molar-refractivity contribution < 1.29 is 19.1 Å². The number of para-hydroxylation sites is 1. The van der Waals surface area contributed by atoms with Crippen molar-refractivity contribution in [2.45, 2.75) is 6.92 Å². The molecule has 2 aromatic carbocycles. The van der Waals surface area contributed by atoms with E-state index >= 15 is 0 Å². The van der Waals surface area contributed by atoms with Crippen molar-refractivity contribution >= 4 is 22.7 Å². The first kappa shape index (κ1) is 17.3. The van der Waals surface area contributed by atoms with Gasteiger partial charge in [-0.3, -0.25) is 20.4 Å². The number of fused-ring (bicyclic) bond motifs is 1. The molecule has 0 spiro atoms. The molecule has 0 atom stereocenters. The molecule has 0 radical (unpaired) electrons. The largest absolute Gasteiger partial charge is 0.496 e. The number of hydrazine groups is 1. The Labute approximate surface area is 150 Å². The second-order valence-corrected chi connectivity index (χ2v) is 5.66. The average molecular weight is 353 g/mol. The highest BCUT2D eigenvalue weighted by atomic mass is 16.5. The predicted octanol–water partition coefficient (Wildman–Crippen LogP) is 2.57. The summed E-state index contributed by atoms with van der Waals surface area (Å²) in [4.78, 5) is 27.8. The van der Waals surface area contributed by atoms with Crippen molar-refractivity contribution in [3.8, 4) is 11.5 Å². The third-order valence-corrected chi connectivity index (χ3v) is 4.14. The molecule has 0 aliphatic heterocycles. The Morgan fingerprint density at radius 3 is 2.23 bits per heavy atom. The Kier molecular flexibility index (Phi) is 4.79. The van der Waals surface area contributed by atoms with Gasteiger partial charge in [-0.25, -0.2) is 0 Å². The van der Waals surface area contributed by atoms with Crippen molar-refractivity contribution in [1.82, 2.24) is 15.8 Å². The van der Waals surface area contributed by atoms with Crippen LogP contribution >= 0.6 is 0 Å². The standard InChI is InChI=1S/C19H19N3O4/c1-11-16(25-2)8-12(9-17(11)26-3)18(23)21-22-19(24)14-10-20-15-7-5-4-6-13(14)15/h4-10,20H,1-3H3,(H,21,23)(H,22,24). The van der Waals surface area contributed by atoms with Crippen LogP contribution in [0.15, 0.2) is 42.6 Å². The molecule has 7 nitrogen and oxygen atoms in total. The minimum atomic E-state index is -0.477. The van der Waals surface area contributed by atoms with E-state index in [4.69, 9.17) is 9.47 Å². The van der Waals surface area contributed by atoms with Crippen molar-refractivity contribution in [3.05, 3.63) is 59.3 Å². The van der Waals surface area contributed by atoms with Crippen LogP contribution in [0.4, 0.5) is 0 Å². The fourth-order valence-corrected chi connectivity index (χ4v) is 2.73. The van der Waals surface area contributed by atoms with Crippen LogP contribution in [0.1, 0.15) is 26.3 Å². The summed E-state index contributed by atoms with van der Waals surface area (Å²) in [6.07, 6.45) is 1.60. The summed E-state index contributed by atoms with van der Waals surface area (Å²) in [5, 5.41) is 0.776. The minimum Gasteiger partial charge on any atom is -0.496 e. The van der Waals surface area contributed by atoms with Gasteiger partial charge in [0, 0.05) is 28.2 Å². The van der Waals surface area contributed by atoms with Gasteiger partial charge < -0.3 is 14.5 Å². The summed E-state index contributed by atoms with van der Waals surface area (Å²) in [6, 6.07) is 10.6. The fourth-order valence-electron chi connectivity index (χ4n) is 2.73. The number of carbonyl (C=O) groups excluding carboxylic acids is 2. The van der Waals surface area contributed by atoms with Crippen LogP contribution in [-0.2, 0) is 0 Å². The summed E-state index contributed by atoms with van der Waals surface area (Å²) in [5.74, 6) is 0.159. The third-order valence-electron chi connectivity index (χ3n) is 4.14. The summed E-state index contributed by atoms with van der Waals surface area (Å²) < 4.78 is 10.5. The van der Waals surface area contributed by atoms with Crippen LogP contribution in [0.2, 0.25) is 0 Å². The maximum Gasteiger partial charge on any atom is 0.271 e. The quantitative estimate of drug-likeness (QED) is 0.629. The number of amides is 2. The second kappa shape index (κ2) is 7.18. The molecule has 0 aliphatic carbocycles. The lowest BCUT2D eigenvalue weighted by atomic mass is 10.1. The number of hydrogen-bond acceptors (Lipinski definition) is 4. The lowest BCUT2D eigenvalue weighted by Crippen LogP contribution is -2.41. The Bertz CT molecular complexity index is 953. The number of benzene rings is 2. The molecule has 0 bridgehead atoms. The first-order valence-corrected chi connectivity index (χ1v) is 7.94. The highest BCUT2D eigenvalue weighted by Crippen LogP contribution is 2.29. The topological polar surface area (TPSA) is 92.5 Å². The number of ether oxygens (including phenoxy) is 2. The number of hydrogen-bond donors (Lipinski definition) is 3. The molecule has 0 unspecified atom stereocenters. The molecular weight excluding hydrogens is 334 g/mol. The molecule has 1 aromatic heterocycles. The van der Waals surface area contributed by atoms with Crippen LogP contribution in [-0.4, -0.2) is 31.0 Å². The van der Waals surface area contributed by atoms with E-state index in [1.54, 1.807) is 18.3 Å². The van der Waals surface area contributed by atoms with E-state index < -0.39 is 11.8 Å². The van der Waals surface area contributed by atoms with Gasteiger partial charge in [-0.15, -0.1) is 0 Å². The third kappa shape index (κ3) is 3.19. The van der Waals surface area contributed by atoms with E-state index in [-0.39, 0.29) is 0 Å². The number of nitrogens with one attached hydrogen (secondary N) is 3. The Morgan fingerprint density at radius 1 is 0.962 bits per heavy atom.